The molecule has 0 spiro atoms. The molecular formula is C6H17NO2SSi2. The summed E-state index contributed by atoms with van der Waals surface area (Å²) >= 11 is 0. The van der Waals surface area contributed by atoms with Crippen LogP contribution in [0.3, 0.4) is 0 Å². The van der Waals surface area contributed by atoms with Gasteiger partial charge >= 0.3 is 0 Å². The van der Waals surface area contributed by atoms with E-state index in [1.807, 2.05) is 0 Å². The van der Waals surface area contributed by atoms with E-state index in [2.05, 4.69) is 19.6 Å². The molecule has 0 radical (unpaired) electrons. The molecule has 72 valence electrons. The molecule has 0 bridgehead atoms. The first kappa shape index (κ1) is 10.4. The van der Waals surface area contributed by atoms with Gasteiger partial charge in [-0.05, 0) is 12.8 Å². The van der Waals surface area contributed by atoms with Crippen LogP contribution in [0.2, 0.25) is 19.6 Å². The third kappa shape index (κ3) is 2.18. The summed E-state index contributed by atoms with van der Waals surface area (Å²) < 4.78 is 22.1. The third-order valence-electron chi connectivity index (χ3n) is 2.26. The first-order valence-corrected chi connectivity index (χ1v) is 12.3. The van der Waals surface area contributed by atoms with Gasteiger partial charge in [0.25, 0.3) is 0 Å². The fraction of sp³-hybridized carbons (Fsp3) is 1.00. The van der Waals surface area contributed by atoms with Crippen molar-refractivity contribution in [2.24, 2.45) is 5.14 Å². The summed E-state index contributed by atoms with van der Waals surface area (Å²) in [6.07, 6.45) is 1.67. The molecule has 0 aromatic rings. The second-order valence-corrected chi connectivity index (χ2v) is 21.7. The largest absolute Gasteiger partial charge is 0.229 e. The Balaban J connectivity index is 2.77. The number of primary sulfonamides is 1. The van der Waals surface area contributed by atoms with Crippen LogP contribution in [-0.2, 0) is 10.0 Å². The van der Waals surface area contributed by atoms with E-state index < -0.39 is 26.7 Å². The number of hydrogen-bond donors (Lipinski definition) is 1. The van der Waals surface area contributed by atoms with Gasteiger partial charge in [0, 0.05) is 16.6 Å². The molecule has 0 heterocycles. The van der Waals surface area contributed by atoms with Crippen molar-refractivity contribution in [3.63, 3.8) is 0 Å². The normalized spacial score (nSPS) is 23.3. The molecule has 1 fully saturated rings. The van der Waals surface area contributed by atoms with Gasteiger partial charge in [-0.15, -0.1) is 0 Å². The molecule has 0 amide bonds. The number of rotatable bonds is 3. The van der Waals surface area contributed by atoms with Crippen molar-refractivity contribution >= 4 is 26.7 Å². The van der Waals surface area contributed by atoms with E-state index >= 15 is 0 Å². The van der Waals surface area contributed by atoms with E-state index in [0.717, 1.165) is 12.8 Å². The molecular weight excluding hydrogens is 206 g/mol. The van der Waals surface area contributed by atoms with Crippen LogP contribution in [0.1, 0.15) is 12.8 Å². The van der Waals surface area contributed by atoms with Crippen molar-refractivity contribution in [1.82, 2.24) is 0 Å². The van der Waals surface area contributed by atoms with Crippen LogP contribution >= 0.6 is 0 Å². The molecule has 1 aliphatic rings. The van der Waals surface area contributed by atoms with E-state index in [4.69, 9.17) is 5.14 Å². The van der Waals surface area contributed by atoms with Crippen molar-refractivity contribution in [1.29, 1.82) is 0 Å². The van der Waals surface area contributed by atoms with Gasteiger partial charge in [-0.2, -0.15) is 0 Å². The summed E-state index contributed by atoms with van der Waals surface area (Å²) in [5, 5.41) is 5.21. The standard InChI is InChI=1S/C6H17NO2SSi2/c1-12(2,3)11-6(4-5-6)10(7,8)9/h4-5,11H2,1-3H3,(H2,7,8,9). The molecule has 2 N–H and O–H groups in total. The molecule has 0 aromatic carbocycles. The summed E-state index contributed by atoms with van der Waals surface area (Å²) in [6.45, 7) is 6.72. The maximum atomic E-state index is 11.2. The average molecular weight is 223 g/mol. The smallest absolute Gasteiger partial charge is 0.211 e. The SMILES string of the molecule is C[Si](C)(C)[SiH2]C1(S(N)(=O)=O)CC1. The summed E-state index contributed by atoms with van der Waals surface area (Å²) in [5.41, 5.74) is 0. The van der Waals surface area contributed by atoms with Crippen molar-refractivity contribution in [2.75, 3.05) is 0 Å². The highest BCUT2D eigenvalue weighted by molar-refractivity contribution is 7.93. The van der Waals surface area contributed by atoms with Crippen molar-refractivity contribution in [3.8, 4) is 0 Å². The Labute approximate surface area is 77.4 Å². The fourth-order valence-corrected chi connectivity index (χ4v) is 18.2. The Hall–Kier alpha value is 0.344. The number of nitrogens with two attached hydrogens (primary N) is 1. The van der Waals surface area contributed by atoms with Gasteiger partial charge in [0.1, 0.15) is 0 Å². The van der Waals surface area contributed by atoms with Crippen LogP contribution in [0.15, 0.2) is 0 Å². The minimum atomic E-state index is -3.23. The highest BCUT2D eigenvalue weighted by Gasteiger charge is 2.54. The Morgan fingerprint density at radius 2 is 1.75 bits per heavy atom. The molecule has 0 aliphatic heterocycles. The second-order valence-electron chi connectivity index (χ2n) is 4.97. The van der Waals surface area contributed by atoms with E-state index in [1.54, 1.807) is 0 Å². The summed E-state index contributed by atoms with van der Waals surface area (Å²) in [5.74, 6) is 0. The fourth-order valence-electron chi connectivity index (χ4n) is 1.67. The van der Waals surface area contributed by atoms with Crippen LogP contribution in [0, 0.1) is 0 Å². The van der Waals surface area contributed by atoms with Gasteiger partial charge < -0.3 is 0 Å². The van der Waals surface area contributed by atoms with Gasteiger partial charge in [0.2, 0.25) is 10.0 Å². The van der Waals surface area contributed by atoms with Crippen molar-refractivity contribution in [3.05, 3.63) is 0 Å². The number of sulfonamides is 1. The lowest BCUT2D eigenvalue weighted by atomic mass is 10.9. The predicted octanol–water partition coefficient (Wildman–Crippen LogP) is -0.231. The average Bonchev–Trinajstić information content (AvgIpc) is 2.39. The minimum absolute atomic E-state index is 0.378. The number of hydrogen-bond acceptors (Lipinski definition) is 2. The zero-order chi connectivity index (χ0) is 9.62. The Morgan fingerprint density at radius 1 is 1.33 bits per heavy atom. The molecule has 0 atom stereocenters. The van der Waals surface area contributed by atoms with E-state index in [9.17, 15) is 8.42 Å². The summed E-state index contributed by atoms with van der Waals surface area (Å²) in [7, 11) is -4.88. The van der Waals surface area contributed by atoms with Crippen LogP contribution in [0.5, 0.6) is 0 Å². The van der Waals surface area contributed by atoms with E-state index in [-0.39, 0.29) is 4.37 Å². The molecule has 1 saturated carbocycles. The van der Waals surface area contributed by atoms with Gasteiger partial charge in [-0.25, -0.2) is 13.6 Å². The van der Waals surface area contributed by atoms with Crippen molar-refractivity contribution < 1.29 is 8.42 Å². The van der Waals surface area contributed by atoms with Crippen LogP contribution in [0.4, 0.5) is 0 Å². The van der Waals surface area contributed by atoms with E-state index in [1.165, 1.54) is 0 Å². The molecule has 6 heteroatoms. The van der Waals surface area contributed by atoms with Crippen LogP contribution < -0.4 is 5.14 Å². The lowest BCUT2D eigenvalue weighted by Gasteiger charge is -2.21. The summed E-state index contributed by atoms with van der Waals surface area (Å²) in [4.78, 5) is 0. The highest BCUT2D eigenvalue weighted by Crippen LogP contribution is 2.42. The Kier molecular flexibility index (Phi) is 2.31. The molecule has 1 rings (SSSR count). The topological polar surface area (TPSA) is 60.2 Å². The summed E-state index contributed by atoms with van der Waals surface area (Å²) in [6, 6.07) is 0. The first-order chi connectivity index (χ1) is 5.16. The van der Waals surface area contributed by atoms with Gasteiger partial charge in [0.15, 0.2) is 0 Å². The zero-order valence-corrected chi connectivity index (χ0v) is 11.2. The Morgan fingerprint density at radius 3 is 1.83 bits per heavy atom. The van der Waals surface area contributed by atoms with Gasteiger partial charge in [0.05, 0.1) is 4.37 Å². The lowest BCUT2D eigenvalue weighted by Crippen LogP contribution is -2.47. The van der Waals surface area contributed by atoms with Gasteiger partial charge in [-0.1, -0.05) is 19.6 Å². The predicted molar refractivity (Wildman–Crippen MR) is 57.0 cm³/mol. The molecule has 0 aromatic heterocycles. The monoisotopic (exact) mass is 223 g/mol. The minimum Gasteiger partial charge on any atom is -0.229 e. The van der Waals surface area contributed by atoms with Crippen LogP contribution in [0.25, 0.3) is 0 Å². The Bertz CT molecular complexity index is 276. The zero-order valence-electron chi connectivity index (χ0n) is 7.92. The van der Waals surface area contributed by atoms with E-state index in [0.29, 0.717) is 0 Å². The third-order valence-corrected chi connectivity index (χ3v) is 13.9. The molecule has 1 aliphatic carbocycles. The van der Waals surface area contributed by atoms with Crippen LogP contribution in [-0.4, -0.2) is 29.4 Å². The molecule has 0 saturated heterocycles. The lowest BCUT2D eigenvalue weighted by molar-refractivity contribution is 0.593. The molecule has 3 nitrogen and oxygen atoms in total. The second kappa shape index (κ2) is 2.66. The van der Waals surface area contributed by atoms with Crippen molar-refractivity contribution in [2.45, 2.75) is 36.9 Å². The quantitative estimate of drug-likeness (QED) is 0.672. The maximum absolute atomic E-state index is 11.2. The van der Waals surface area contributed by atoms with Gasteiger partial charge in [-0.3, -0.25) is 0 Å². The first-order valence-electron chi connectivity index (χ1n) is 4.19. The molecule has 12 heavy (non-hydrogen) atoms. The molecule has 0 unspecified atom stereocenters. The highest BCUT2D eigenvalue weighted by atomic mass is 32.2. The maximum Gasteiger partial charge on any atom is 0.211 e.